The summed E-state index contributed by atoms with van der Waals surface area (Å²) in [6, 6.07) is 20.2. The molecule has 0 aliphatic heterocycles. The molecular formula is C28H32N4O5S. The lowest BCUT2D eigenvalue weighted by molar-refractivity contribution is -0.123. The number of anilines is 1. The van der Waals surface area contributed by atoms with Crippen LogP contribution in [0.2, 0.25) is 0 Å². The SMILES string of the molecule is Cc1ccc(N(CC(=O)N/N=C\c2ccc(OCC(=O)NC(C)C)cc2)S(=O)(=O)c2ccc(C)cc2)cc1. The van der Waals surface area contributed by atoms with Gasteiger partial charge in [0, 0.05) is 6.04 Å². The predicted octanol–water partition coefficient (Wildman–Crippen LogP) is 3.55. The van der Waals surface area contributed by atoms with Gasteiger partial charge in [0.2, 0.25) is 0 Å². The highest BCUT2D eigenvalue weighted by Gasteiger charge is 2.27. The van der Waals surface area contributed by atoms with E-state index in [1.165, 1.54) is 18.3 Å². The molecule has 2 N–H and O–H groups in total. The highest BCUT2D eigenvalue weighted by atomic mass is 32.2. The van der Waals surface area contributed by atoms with E-state index in [1.807, 2.05) is 27.7 Å². The summed E-state index contributed by atoms with van der Waals surface area (Å²) in [5, 5.41) is 6.70. The molecule has 3 aromatic carbocycles. The molecule has 2 amide bonds. The van der Waals surface area contributed by atoms with Crippen LogP contribution >= 0.6 is 0 Å². The first-order chi connectivity index (χ1) is 18.0. The molecule has 0 fully saturated rings. The fourth-order valence-electron chi connectivity index (χ4n) is 3.37. The Morgan fingerprint density at radius 3 is 2.05 bits per heavy atom. The molecule has 0 unspecified atom stereocenters. The van der Waals surface area contributed by atoms with Gasteiger partial charge in [-0.15, -0.1) is 0 Å². The van der Waals surface area contributed by atoms with Crippen LogP contribution in [0.3, 0.4) is 0 Å². The van der Waals surface area contributed by atoms with E-state index in [9.17, 15) is 18.0 Å². The number of carbonyl (C=O) groups is 2. The largest absolute Gasteiger partial charge is 0.484 e. The first-order valence-electron chi connectivity index (χ1n) is 12.0. The normalized spacial score (nSPS) is 11.4. The van der Waals surface area contributed by atoms with E-state index in [0.717, 1.165) is 15.4 Å². The molecular weight excluding hydrogens is 504 g/mol. The second-order valence-electron chi connectivity index (χ2n) is 9.03. The smallest absolute Gasteiger partial charge is 0.264 e. The zero-order valence-corrected chi connectivity index (χ0v) is 22.7. The van der Waals surface area contributed by atoms with Crippen LogP contribution in [0.4, 0.5) is 5.69 Å². The second kappa shape index (κ2) is 12.9. The lowest BCUT2D eigenvalue weighted by Gasteiger charge is -2.24. The molecule has 0 radical (unpaired) electrons. The topological polar surface area (TPSA) is 117 Å². The Labute approximate surface area is 223 Å². The Kier molecular flexibility index (Phi) is 9.61. The van der Waals surface area contributed by atoms with Crippen molar-refractivity contribution < 1.29 is 22.7 Å². The van der Waals surface area contributed by atoms with Crippen molar-refractivity contribution in [2.75, 3.05) is 17.5 Å². The van der Waals surface area contributed by atoms with E-state index in [4.69, 9.17) is 4.74 Å². The Balaban J connectivity index is 1.66. The molecule has 0 aliphatic carbocycles. The summed E-state index contributed by atoms with van der Waals surface area (Å²) in [5.41, 5.74) is 5.32. The van der Waals surface area contributed by atoms with Gasteiger partial charge in [-0.1, -0.05) is 35.4 Å². The lowest BCUT2D eigenvalue weighted by atomic mass is 10.2. The Morgan fingerprint density at radius 1 is 0.895 bits per heavy atom. The second-order valence-corrected chi connectivity index (χ2v) is 10.9. The maximum absolute atomic E-state index is 13.4. The summed E-state index contributed by atoms with van der Waals surface area (Å²) < 4.78 is 33.3. The summed E-state index contributed by atoms with van der Waals surface area (Å²) in [6.45, 7) is 6.95. The third-order valence-corrected chi connectivity index (χ3v) is 7.11. The Bertz CT molecular complexity index is 1370. The van der Waals surface area contributed by atoms with E-state index in [-0.39, 0.29) is 23.5 Å². The minimum atomic E-state index is -4.00. The van der Waals surface area contributed by atoms with Crippen molar-refractivity contribution in [3.05, 3.63) is 89.5 Å². The molecule has 0 saturated carbocycles. The number of amides is 2. The molecule has 0 bridgehead atoms. The summed E-state index contributed by atoms with van der Waals surface area (Å²) >= 11 is 0. The molecule has 0 spiro atoms. The zero-order valence-electron chi connectivity index (χ0n) is 21.8. The summed E-state index contributed by atoms with van der Waals surface area (Å²) in [5.74, 6) is -0.300. The highest BCUT2D eigenvalue weighted by molar-refractivity contribution is 7.92. The number of hydrogen-bond acceptors (Lipinski definition) is 6. The number of ether oxygens (including phenoxy) is 1. The van der Waals surface area contributed by atoms with Gasteiger partial charge in [0.15, 0.2) is 6.61 Å². The number of carbonyl (C=O) groups excluding carboxylic acids is 2. The van der Waals surface area contributed by atoms with E-state index in [2.05, 4.69) is 15.8 Å². The number of nitrogens with zero attached hydrogens (tertiary/aromatic N) is 2. The van der Waals surface area contributed by atoms with Crippen molar-refractivity contribution in [1.82, 2.24) is 10.7 Å². The van der Waals surface area contributed by atoms with Crippen molar-refractivity contribution in [2.24, 2.45) is 5.10 Å². The number of hydrogen-bond donors (Lipinski definition) is 2. The van der Waals surface area contributed by atoms with Crippen molar-refractivity contribution in [3.8, 4) is 5.75 Å². The number of benzene rings is 3. The molecule has 0 atom stereocenters. The maximum atomic E-state index is 13.4. The van der Waals surface area contributed by atoms with Gasteiger partial charge in [0.1, 0.15) is 12.3 Å². The van der Waals surface area contributed by atoms with Crippen molar-refractivity contribution in [2.45, 2.75) is 38.6 Å². The van der Waals surface area contributed by atoms with Crippen LogP contribution in [0.15, 0.2) is 82.8 Å². The van der Waals surface area contributed by atoms with Gasteiger partial charge >= 0.3 is 0 Å². The fraction of sp³-hybridized carbons (Fsp3) is 0.250. The molecule has 0 aromatic heterocycles. The summed E-state index contributed by atoms with van der Waals surface area (Å²) in [4.78, 5) is 24.5. The number of hydrazone groups is 1. The van der Waals surface area contributed by atoms with Gasteiger partial charge < -0.3 is 10.1 Å². The third-order valence-electron chi connectivity index (χ3n) is 5.32. The number of sulfonamides is 1. The van der Waals surface area contributed by atoms with Crippen LogP contribution in [0, 0.1) is 13.8 Å². The van der Waals surface area contributed by atoms with Crippen molar-refractivity contribution >= 4 is 33.7 Å². The molecule has 10 heteroatoms. The number of rotatable bonds is 11. The van der Waals surface area contributed by atoms with Crippen molar-refractivity contribution in [1.29, 1.82) is 0 Å². The molecule has 3 rings (SSSR count). The summed E-state index contributed by atoms with van der Waals surface area (Å²) in [6.07, 6.45) is 1.43. The monoisotopic (exact) mass is 536 g/mol. The average molecular weight is 537 g/mol. The minimum absolute atomic E-state index is 0.0339. The van der Waals surface area contributed by atoms with Crippen LogP contribution in [0.25, 0.3) is 0 Å². The zero-order chi connectivity index (χ0) is 27.7. The van der Waals surface area contributed by atoms with Crippen LogP contribution in [0.5, 0.6) is 5.75 Å². The van der Waals surface area contributed by atoms with E-state index < -0.39 is 22.5 Å². The van der Waals surface area contributed by atoms with E-state index >= 15 is 0 Å². The highest BCUT2D eigenvalue weighted by Crippen LogP contribution is 2.24. The molecule has 0 saturated heterocycles. The molecule has 9 nitrogen and oxygen atoms in total. The first kappa shape index (κ1) is 28.4. The standard InChI is InChI=1S/C28H32N4O5S/c1-20(2)30-28(34)19-37-25-13-9-23(10-14-25)17-29-31-27(33)18-32(24-11-5-21(3)6-12-24)38(35,36)26-15-7-22(4)8-16-26/h5-17,20H,18-19H2,1-4H3,(H,30,34)(H,31,33)/b29-17-. The first-order valence-corrected chi connectivity index (χ1v) is 13.5. The molecule has 38 heavy (non-hydrogen) atoms. The van der Waals surface area contributed by atoms with E-state index in [1.54, 1.807) is 60.7 Å². The lowest BCUT2D eigenvalue weighted by Crippen LogP contribution is -2.39. The molecule has 0 aliphatic rings. The molecule has 200 valence electrons. The van der Waals surface area contributed by atoms with Crippen molar-refractivity contribution in [3.63, 3.8) is 0 Å². The third kappa shape index (κ3) is 8.17. The predicted molar refractivity (Wildman–Crippen MR) is 148 cm³/mol. The number of aryl methyl sites for hydroxylation is 2. The van der Waals surface area contributed by atoms with Gasteiger partial charge in [-0.25, -0.2) is 13.8 Å². The van der Waals surface area contributed by atoms with Gasteiger partial charge in [0.05, 0.1) is 16.8 Å². The van der Waals surface area contributed by atoms with Gasteiger partial charge in [-0.05, 0) is 81.8 Å². The van der Waals surface area contributed by atoms with Gasteiger partial charge in [-0.3, -0.25) is 13.9 Å². The van der Waals surface area contributed by atoms with Gasteiger partial charge in [-0.2, -0.15) is 5.10 Å². The van der Waals surface area contributed by atoms with Crippen LogP contribution < -0.4 is 19.8 Å². The van der Waals surface area contributed by atoms with E-state index in [0.29, 0.717) is 17.0 Å². The van der Waals surface area contributed by atoms with Crippen LogP contribution in [0.1, 0.15) is 30.5 Å². The number of nitrogens with one attached hydrogen (secondary N) is 2. The fourth-order valence-corrected chi connectivity index (χ4v) is 4.79. The molecule has 0 heterocycles. The quantitative estimate of drug-likeness (QED) is 0.287. The minimum Gasteiger partial charge on any atom is -0.484 e. The Hall–Kier alpha value is -4.18. The summed E-state index contributed by atoms with van der Waals surface area (Å²) in [7, 11) is -4.00. The van der Waals surface area contributed by atoms with Gasteiger partial charge in [0.25, 0.3) is 21.8 Å². The molecule has 3 aromatic rings. The Morgan fingerprint density at radius 2 is 1.47 bits per heavy atom. The van der Waals surface area contributed by atoms with Crippen LogP contribution in [-0.2, 0) is 19.6 Å². The average Bonchev–Trinajstić information content (AvgIpc) is 2.87. The van der Waals surface area contributed by atoms with Crippen LogP contribution in [-0.4, -0.2) is 45.6 Å². The maximum Gasteiger partial charge on any atom is 0.264 e.